The monoisotopic (exact) mass is 204 g/mol. The number of hydrogen-bond acceptors (Lipinski definition) is 3. The van der Waals surface area contributed by atoms with Gasteiger partial charge in [0.25, 0.3) is 6.43 Å². The minimum atomic E-state index is -2.34. The van der Waals surface area contributed by atoms with Gasteiger partial charge in [-0.15, -0.1) is 0 Å². The predicted octanol–water partition coefficient (Wildman–Crippen LogP) is 2.21. The molecule has 0 saturated carbocycles. The maximum atomic E-state index is 11.9. The van der Waals surface area contributed by atoms with Gasteiger partial charge in [-0.1, -0.05) is 5.16 Å². The van der Waals surface area contributed by atoms with E-state index in [0.29, 0.717) is 5.76 Å². The summed E-state index contributed by atoms with van der Waals surface area (Å²) in [6.45, 7) is 5.07. The molecule has 1 heterocycles. The number of hydrogen-bond donors (Lipinski definition) is 1. The van der Waals surface area contributed by atoms with E-state index in [1.54, 1.807) is 13.8 Å². The first kappa shape index (κ1) is 11.1. The Balaban J connectivity index is 2.64. The summed E-state index contributed by atoms with van der Waals surface area (Å²) in [6, 6.07) is -0.157. The Morgan fingerprint density at radius 1 is 1.43 bits per heavy atom. The quantitative estimate of drug-likeness (QED) is 0.817. The molecule has 1 N–H and O–H groups in total. The molecular formula is C9H14F2N2O. The van der Waals surface area contributed by atoms with Gasteiger partial charge in [-0.2, -0.15) is 0 Å². The molecule has 0 aromatic carbocycles. The zero-order valence-corrected chi connectivity index (χ0v) is 8.47. The average molecular weight is 204 g/mol. The number of nitrogens with one attached hydrogen (secondary N) is 1. The summed E-state index contributed by atoms with van der Waals surface area (Å²) < 4.78 is 28.8. The summed E-state index contributed by atoms with van der Waals surface area (Å²) in [6.07, 6.45) is -2.34. The van der Waals surface area contributed by atoms with Gasteiger partial charge >= 0.3 is 0 Å². The Hall–Kier alpha value is -0.970. The number of alkyl halides is 2. The second-order valence-electron chi connectivity index (χ2n) is 3.26. The summed E-state index contributed by atoms with van der Waals surface area (Å²) in [5.74, 6) is 0.678. The molecule has 5 heteroatoms. The first-order chi connectivity index (χ1) is 6.52. The summed E-state index contributed by atoms with van der Waals surface area (Å²) in [5, 5.41) is 6.48. The summed E-state index contributed by atoms with van der Waals surface area (Å²) in [4.78, 5) is 0. The van der Waals surface area contributed by atoms with Crippen molar-refractivity contribution in [1.29, 1.82) is 0 Å². The van der Waals surface area contributed by atoms with Crippen LogP contribution in [-0.4, -0.2) is 18.1 Å². The summed E-state index contributed by atoms with van der Waals surface area (Å²) in [7, 11) is 0. The molecule has 1 unspecified atom stereocenters. The van der Waals surface area contributed by atoms with Gasteiger partial charge in [0.1, 0.15) is 5.76 Å². The van der Waals surface area contributed by atoms with Crippen LogP contribution in [0.15, 0.2) is 4.52 Å². The molecule has 0 aliphatic rings. The van der Waals surface area contributed by atoms with Crippen molar-refractivity contribution in [3.05, 3.63) is 17.0 Å². The van der Waals surface area contributed by atoms with Crippen molar-refractivity contribution >= 4 is 0 Å². The van der Waals surface area contributed by atoms with Gasteiger partial charge in [-0.05, 0) is 20.8 Å². The van der Waals surface area contributed by atoms with Gasteiger partial charge in [0.2, 0.25) is 0 Å². The van der Waals surface area contributed by atoms with Crippen molar-refractivity contribution in [2.75, 3.05) is 6.54 Å². The van der Waals surface area contributed by atoms with E-state index < -0.39 is 6.43 Å². The molecule has 0 aliphatic heterocycles. The molecule has 14 heavy (non-hydrogen) atoms. The second kappa shape index (κ2) is 4.50. The molecule has 3 nitrogen and oxygen atoms in total. The number of halogens is 2. The number of aromatic nitrogens is 1. The lowest BCUT2D eigenvalue weighted by molar-refractivity contribution is 0.142. The van der Waals surface area contributed by atoms with Crippen LogP contribution < -0.4 is 5.32 Å². The van der Waals surface area contributed by atoms with E-state index in [1.807, 2.05) is 6.92 Å². The van der Waals surface area contributed by atoms with Crippen molar-refractivity contribution < 1.29 is 13.3 Å². The fourth-order valence-corrected chi connectivity index (χ4v) is 1.48. The molecule has 0 aliphatic carbocycles. The van der Waals surface area contributed by atoms with E-state index in [1.165, 1.54) is 0 Å². The van der Waals surface area contributed by atoms with Gasteiger partial charge in [-0.25, -0.2) is 8.78 Å². The third-order valence-electron chi connectivity index (χ3n) is 2.10. The summed E-state index contributed by atoms with van der Waals surface area (Å²) >= 11 is 0. The van der Waals surface area contributed by atoms with Gasteiger partial charge in [0.15, 0.2) is 0 Å². The number of rotatable bonds is 4. The van der Waals surface area contributed by atoms with E-state index in [9.17, 15) is 8.78 Å². The zero-order valence-electron chi connectivity index (χ0n) is 8.47. The third kappa shape index (κ3) is 2.51. The highest BCUT2D eigenvalue weighted by molar-refractivity contribution is 5.24. The minimum absolute atomic E-state index is 0.157. The van der Waals surface area contributed by atoms with Crippen LogP contribution in [-0.2, 0) is 0 Å². The molecule has 0 amide bonds. The van der Waals surface area contributed by atoms with Gasteiger partial charge in [-0.3, -0.25) is 0 Å². The van der Waals surface area contributed by atoms with Gasteiger partial charge in [0, 0.05) is 11.6 Å². The third-order valence-corrected chi connectivity index (χ3v) is 2.10. The Morgan fingerprint density at radius 3 is 2.50 bits per heavy atom. The largest absolute Gasteiger partial charge is 0.361 e. The average Bonchev–Trinajstić information content (AvgIpc) is 2.42. The van der Waals surface area contributed by atoms with Crippen LogP contribution >= 0.6 is 0 Å². The lowest BCUT2D eigenvalue weighted by atomic mass is 10.1. The summed E-state index contributed by atoms with van der Waals surface area (Å²) in [5.41, 5.74) is 1.61. The zero-order chi connectivity index (χ0) is 10.7. The lowest BCUT2D eigenvalue weighted by Crippen LogP contribution is -2.25. The molecule has 1 aromatic heterocycles. The maximum absolute atomic E-state index is 11.9. The smallest absolute Gasteiger partial charge is 0.250 e. The SMILES string of the molecule is Cc1noc(C)c1C(C)NCC(F)F. The fraction of sp³-hybridized carbons (Fsp3) is 0.667. The highest BCUT2D eigenvalue weighted by Gasteiger charge is 2.16. The van der Waals surface area contributed by atoms with Crippen LogP contribution in [0.2, 0.25) is 0 Å². The highest BCUT2D eigenvalue weighted by atomic mass is 19.3. The van der Waals surface area contributed by atoms with Crippen molar-refractivity contribution in [3.8, 4) is 0 Å². The standard InChI is InChI=1S/C9H14F2N2O/c1-5(12-4-8(10)11)9-6(2)13-14-7(9)3/h5,8,12H,4H2,1-3H3. The van der Waals surface area contributed by atoms with Crippen molar-refractivity contribution in [2.45, 2.75) is 33.2 Å². The number of nitrogens with zero attached hydrogens (tertiary/aromatic N) is 1. The normalized spacial score (nSPS) is 13.6. The molecular weight excluding hydrogens is 190 g/mol. The van der Waals surface area contributed by atoms with Crippen LogP contribution in [0.4, 0.5) is 8.78 Å². The van der Waals surface area contributed by atoms with Crippen molar-refractivity contribution in [3.63, 3.8) is 0 Å². The molecule has 1 atom stereocenters. The van der Waals surface area contributed by atoms with Crippen LogP contribution in [0, 0.1) is 13.8 Å². The topological polar surface area (TPSA) is 38.1 Å². The molecule has 1 rings (SSSR count). The van der Waals surface area contributed by atoms with Crippen LogP contribution in [0.5, 0.6) is 0 Å². The Morgan fingerprint density at radius 2 is 2.07 bits per heavy atom. The Labute approximate surface area is 81.5 Å². The van der Waals surface area contributed by atoms with Crippen LogP contribution in [0.1, 0.15) is 30.0 Å². The molecule has 0 radical (unpaired) electrons. The molecule has 0 saturated heterocycles. The van der Waals surface area contributed by atoms with Crippen molar-refractivity contribution in [1.82, 2.24) is 10.5 Å². The fourth-order valence-electron chi connectivity index (χ4n) is 1.48. The van der Waals surface area contributed by atoms with E-state index in [0.717, 1.165) is 11.3 Å². The lowest BCUT2D eigenvalue weighted by Gasteiger charge is -2.12. The molecule has 1 aromatic rings. The van der Waals surface area contributed by atoms with Gasteiger partial charge < -0.3 is 9.84 Å². The molecule has 0 fully saturated rings. The Bertz CT molecular complexity index is 280. The molecule has 0 bridgehead atoms. The molecule has 80 valence electrons. The van der Waals surface area contributed by atoms with Gasteiger partial charge in [0.05, 0.1) is 12.2 Å². The molecule has 0 spiro atoms. The van der Waals surface area contributed by atoms with E-state index in [2.05, 4.69) is 10.5 Å². The second-order valence-corrected chi connectivity index (χ2v) is 3.26. The van der Waals surface area contributed by atoms with Crippen LogP contribution in [0.25, 0.3) is 0 Å². The minimum Gasteiger partial charge on any atom is -0.361 e. The van der Waals surface area contributed by atoms with E-state index in [-0.39, 0.29) is 12.6 Å². The first-order valence-corrected chi connectivity index (χ1v) is 4.46. The van der Waals surface area contributed by atoms with E-state index in [4.69, 9.17) is 4.52 Å². The van der Waals surface area contributed by atoms with Crippen LogP contribution in [0.3, 0.4) is 0 Å². The maximum Gasteiger partial charge on any atom is 0.250 e. The van der Waals surface area contributed by atoms with Crippen molar-refractivity contribution in [2.24, 2.45) is 0 Å². The predicted molar refractivity (Wildman–Crippen MR) is 48.4 cm³/mol. The highest BCUT2D eigenvalue weighted by Crippen LogP contribution is 2.20. The number of aryl methyl sites for hydroxylation is 2. The first-order valence-electron chi connectivity index (χ1n) is 4.46. The Kier molecular flexibility index (Phi) is 3.57. The van der Waals surface area contributed by atoms with E-state index >= 15 is 0 Å².